The SMILES string of the molecule is CCN(c1cc(-c2ccc(C(=O)NCCCO)cc2)cc(C(=O)NCc2c(C)cc(C)[nH]c2=O)c1C)C1CCC(C)CC1. The van der Waals surface area contributed by atoms with Gasteiger partial charge in [0.2, 0.25) is 0 Å². The summed E-state index contributed by atoms with van der Waals surface area (Å²) in [7, 11) is 0. The minimum absolute atomic E-state index is 0.0284. The fraction of sp³-hybridized carbons (Fsp3) is 0.457. The first kappa shape index (κ1) is 32.0. The van der Waals surface area contributed by atoms with Crippen LogP contribution < -0.4 is 21.1 Å². The van der Waals surface area contributed by atoms with Crippen molar-refractivity contribution in [3.05, 3.63) is 86.3 Å². The molecule has 43 heavy (non-hydrogen) atoms. The predicted octanol–water partition coefficient (Wildman–Crippen LogP) is 5.41. The lowest BCUT2D eigenvalue weighted by molar-refractivity contribution is 0.0942. The minimum atomic E-state index is -0.229. The molecule has 0 bridgehead atoms. The van der Waals surface area contributed by atoms with Gasteiger partial charge in [-0.1, -0.05) is 19.1 Å². The molecule has 2 aromatic carbocycles. The van der Waals surface area contributed by atoms with Crippen molar-refractivity contribution in [3.8, 4) is 11.1 Å². The van der Waals surface area contributed by atoms with E-state index in [0.717, 1.165) is 58.9 Å². The van der Waals surface area contributed by atoms with Crippen LogP contribution in [0.4, 0.5) is 5.69 Å². The molecule has 8 heteroatoms. The second-order valence-corrected chi connectivity index (χ2v) is 11.9. The number of nitrogens with zero attached hydrogens (tertiary/aromatic N) is 1. The third-order valence-corrected chi connectivity index (χ3v) is 8.72. The van der Waals surface area contributed by atoms with Crippen LogP contribution in [0, 0.1) is 26.7 Å². The summed E-state index contributed by atoms with van der Waals surface area (Å²) >= 11 is 0. The second-order valence-electron chi connectivity index (χ2n) is 11.9. The molecule has 1 aromatic heterocycles. The highest BCUT2D eigenvalue weighted by atomic mass is 16.3. The number of pyridine rings is 1. The van der Waals surface area contributed by atoms with Crippen LogP contribution in [0.1, 0.15) is 89.1 Å². The molecule has 0 aliphatic heterocycles. The standard InChI is InChI=1S/C35H46N4O4/c1-6-39(29-14-8-22(2)9-15-29)32-20-28(26-10-12-27(13-11-26)33(41)36-16-7-17-40)19-30(25(32)5)34(42)37-21-31-23(3)18-24(4)38-35(31)43/h10-13,18-20,22,29,40H,6-9,14-17,21H2,1-5H3,(H,36,41)(H,37,42)(H,38,43). The summed E-state index contributed by atoms with van der Waals surface area (Å²) in [5.41, 5.74) is 6.86. The molecule has 4 N–H and O–H groups in total. The van der Waals surface area contributed by atoms with E-state index in [1.54, 1.807) is 12.1 Å². The minimum Gasteiger partial charge on any atom is -0.396 e. The van der Waals surface area contributed by atoms with Gasteiger partial charge in [0, 0.05) is 60.4 Å². The molecule has 1 aliphatic rings. The Hall–Kier alpha value is -3.91. The van der Waals surface area contributed by atoms with E-state index in [-0.39, 0.29) is 30.5 Å². The Morgan fingerprint density at radius 2 is 1.65 bits per heavy atom. The number of benzene rings is 2. The summed E-state index contributed by atoms with van der Waals surface area (Å²) in [6.07, 6.45) is 5.14. The van der Waals surface area contributed by atoms with Crippen molar-refractivity contribution >= 4 is 17.5 Å². The lowest BCUT2D eigenvalue weighted by Gasteiger charge is -2.38. The van der Waals surface area contributed by atoms with Gasteiger partial charge in [-0.3, -0.25) is 14.4 Å². The number of aromatic nitrogens is 1. The average Bonchev–Trinajstić information content (AvgIpc) is 2.98. The highest BCUT2D eigenvalue weighted by Crippen LogP contribution is 2.36. The number of hydrogen-bond donors (Lipinski definition) is 4. The zero-order valence-electron chi connectivity index (χ0n) is 26.2. The van der Waals surface area contributed by atoms with Gasteiger partial charge in [0.25, 0.3) is 17.4 Å². The Bertz CT molecular complexity index is 1490. The number of nitrogens with one attached hydrogen (secondary N) is 3. The van der Waals surface area contributed by atoms with Crippen molar-refractivity contribution in [2.24, 2.45) is 5.92 Å². The number of anilines is 1. The number of aromatic amines is 1. The Balaban J connectivity index is 1.69. The summed E-state index contributed by atoms with van der Waals surface area (Å²) in [4.78, 5) is 44.1. The largest absolute Gasteiger partial charge is 0.396 e. The number of aliphatic hydroxyl groups excluding tert-OH is 1. The fourth-order valence-electron chi connectivity index (χ4n) is 6.14. The van der Waals surface area contributed by atoms with Crippen LogP contribution in [-0.2, 0) is 6.54 Å². The second kappa shape index (κ2) is 14.5. The predicted molar refractivity (Wildman–Crippen MR) is 173 cm³/mol. The van der Waals surface area contributed by atoms with Crippen molar-refractivity contribution < 1.29 is 14.7 Å². The third-order valence-electron chi connectivity index (χ3n) is 8.72. The summed E-state index contributed by atoms with van der Waals surface area (Å²) < 4.78 is 0. The maximum atomic E-state index is 13.8. The van der Waals surface area contributed by atoms with E-state index < -0.39 is 0 Å². The van der Waals surface area contributed by atoms with E-state index in [1.165, 1.54) is 12.8 Å². The number of aliphatic hydroxyl groups is 1. The first-order valence-electron chi connectivity index (χ1n) is 15.5. The van der Waals surface area contributed by atoms with Crippen LogP contribution in [0.15, 0.2) is 47.3 Å². The maximum Gasteiger partial charge on any atom is 0.253 e. The molecule has 2 amide bonds. The van der Waals surface area contributed by atoms with E-state index in [0.29, 0.717) is 35.7 Å². The van der Waals surface area contributed by atoms with Crippen LogP contribution in [0.5, 0.6) is 0 Å². The Kier molecular flexibility index (Phi) is 10.8. The summed E-state index contributed by atoms with van der Waals surface area (Å²) in [5.74, 6) is 0.319. The van der Waals surface area contributed by atoms with Crippen molar-refractivity contribution in [2.45, 2.75) is 79.3 Å². The Morgan fingerprint density at radius 1 is 0.953 bits per heavy atom. The van der Waals surface area contributed by atoms with Gasteiger partial charge in [0.05, 0.1) is 0 Å². The van der Waals surface area contributed by atoms with Gasteiger partial charge >= 0.3 is 0 Å². The monoisotopic (exact) mass is 586 g/mol. The highest BCUT2D eigenvalue weighted by molar-refractivity contribution is 5.99. The summed E-state index contributed by atoms with van der Waals surface area (Å²) in [6, 6.07) is 13.8. The van der Waals surface area contributed by atoms with Gasteiger partial charge in [-0.15, -0.1) is 0 Å². The van der Waals surface area contributed by atoms with Crippen molar-refractivity contribution in [2.75, 3.05) is 24.6 Å². The van der Waals surface area contributed by atoms with Gasteiger partial charge in [-0.25, -0.2) is 0 Å². The maximum absolute atomic E-state index is 13.8. The molecule has 4 rings (SSSR count). The topological polar surface area (TPSA) is 115 Å². The number of rotatable bonds is 11. The fourth-order valence-corrected chi connectivity index (χ4v) is 6.14. The molecule has 3 aromatic rings. The average molecular weight is 587 g/mol. The third kappa shape index (κ3) is 7.73. The van der Waals surface area contributed by atoms with Crippen LogP contribution in [0.3, 0.4) is 0 Å². The van der Waals surface area contributed by atoms with E-state index in [2.05, 4.69) is 40.4 Å². The van der Waals surface area contributed by atoms with Crippen molar-refractivity contribution in [3.63, 3.8) is 0 Å². The normalized spacial score (nSPS) is 16.5. The van der Waals surface area contributed by atoms with Crippen LogP contribution in [0.25, 0.3) is 11.1 Å². The number of carbonyl (C=O) groups is 2. The molecule has 1 aliphatic carbocycles. The Labute approximate surface area is 254 Å². The van der Waals surface area contributed by atoms with Crippen molar-refractivity contribution in [1.82, 2.24) is 15.6 Å². The van der Waals surface area contributed by atoms with Gasteiger partial charge < -0.3 is 25.6 Å². The lowest BCUT2D eigenvalue weighted by Crippen LogP contribution is -2.38. The molecular formula is C35H46N4O4. The van der Waals surface area contributed by atoms with Crippen molar-refractivity contribution in [1.29, 1.82) is 0 Å². The van der Waals surface area contributed by atoms with E-state index in [4.69, 9.17) is 5.11 Å². The smallest absolute Gasteiger partial charge is 0.253 e. The van der Waals surface area contributed by atoms with Crippen LogP contribution in [0.2, 0.25) is 0 Å². The number of amides is 2. The number of carbonyl (C=O) groups excluding carboxylic acids is 2. The van der Waals surface area contributed by atoms with Crippen LogP contribution in [-0.4, -0.2) is 47.6 Å². The first-order chi connectivity index (χ1) is 20.6. The molecule has 0 radical (unpaired) electrons. The zero-order valence-corrected chi connectivity index (χ0v) is 26.2. The number of hydrogen-bond acceptors (Lipinski definition) is 5. The van der Waals surface area contributed by atoms with E-state index in [1.807, 2.05) is 45.0 Å². The lowest BCUT2D eigenvalue weighted by atomic mass is 9.86. The number of aryl methyl sites for hydroxylation is 2. The quantitative estimate of drug-likeness (QED) is 0.224. The summed E-state index contributed by atoms with van der Waals surface area (Å²) in [5, 5.41) is 14.8. The van der Waals surface area contributed by atoms with Gasteiger partial charge in [-0.2, -0.15) is 0 Å². The molecule has 0 atom stereocenters. The zero-order chi connectivity index (χ0) is 31.1. The molecule has 1 saturated carbocycles. The van der Waals surface area contributed by atoms with E-state index in [9.17, 15) is 14.4 Å². The highest BCUT2D eigenvalue weighted by Gasteiger charge is 2.26. The van der Waals surface area contributed by atoms with Gasteiger partial charge in [0.1, 0.15) is 0 Å². The van der Waals surface area contributed by atoms with Crippen LogP contribution >= 0.6 is 0 Å². The molecule has 0 spiro atoms. The van der Waals surface area contributed by atoms with E-state index >= 15 is 0 Å². The summed E-state index contributed by atoms with van der Waals surface area (Å²) in [6.45, 7) is 11.6. The molecular weight excluding hydrogens is 540 g/mol. The van der Waals surface area contributed by atoms with Gasteiger partial charge in [0.15, 0.2) is 0 Å². The molecule has 1 heterocycles. The molecule has 1 fully saturated rings. The first-order valence-corrected chi connectivity index (χ1v) is 15.5. The molecule has 8 nitrogen and oxygen atoms in total. The van der Waals surface area contributed by atoms with Gasteiger partial charge in [-0.05, 0) is 118 Å². The molecule has 0 unspecified atom stereocenters. The molecule has 230 valence electrons. The number of H-pyrrole nitrogens is 1. The Morgan fingerprint density at radius 3 is 2.28 bits per heavy atom. The molecule has 0 saturated heterocycles.